The molecule has 0 aliphatic carbocycles. The molecular weight excluding hydrogens is 632 g/mol. The van der Waals surface area contributed by atoms with Gasteiger partial charge < -0.3 is 24.4 Å². The number of piperazine rings is 2. The molecule has 2 fully saturated rings. The first-order chi connectivity index (χ1) is 21.7. The third kappa shape index (κ3) is 8.12. The van der Waals surface area contributed by atoms with E-state index in [4.69, 9.17) is 9.72 Å². The summed E-state index contributed by atoms with van der Waals surface area (Å²) in [5, 5.41) is 0. The number of ether oxygens (including phenoxy) is 1. The van der Waals surface area contributed by atoms with Crippen molar-refractivity contribution >= 4 is 44.6 Å². The molecule has 1 amide bonds. The number of aromatic amines is 1. The van der Waals surface area contributed by atoms with Crippen LogP contribution in [0, 0.1) is 6.92 Å². The van der Waals surface area contributed by atoms with Gasteiger partial charge in [0.1, 0.15) is 11.3 Å². The summed E-state index contributed by atoms with van der Waals surface area (Å²) in [5.74, 6) is 0.802. The van der Waals surface area contributed by atoms with E-state index in [1.807, 2.05) is 33.2 Å². The Labute approximate surface area is 274 Å². The van der Waals surface area contributed by atoms with Crippen molar-refractivity contribution in [3.63, 3.8) is 0 Å². The number of nitrogens with one attached hydrogen (secondary N) is 1. The molecule has 0 unspecified atom stereocenters. The number of imidazole rings is 1. The summed E-state index contributed by atoms with van der Waals surface area (Å²) in [6.45, 7) is 17.6. The lowest BCUT2D eigenvalue weighted by atomic mass is 10.1. The van der Waals surface area contributed by atoms with E-state index in [1.54, 1.807) is 4.90 Å². The van der Waals surface area contributed by atoms with Crippen molar-refractivity contribution in [3.05, 3.63) is 64.5 Å². The second-order valence-corrected chi connectivity index (χ2v) is 12.8. The number of carbonyl (C=O) groups excluding carboxylic acids is 1. The second-order valence-electron chi connectivity index (χ2n) is 12.0. The predicted molar refractivity (Wildman–Crippen MR) is 185 cm³/mol. The van der Waals surface area contributed by atoms with Gasteiger partial charge >= 0.3 is 6.09 Å². The monoisotopic (exact) mass is 676 g/mol. The van der Waals surface area contributed by atoms with Crippen LogP contribution in [0.5, 0.6) is 0 Å². The number of amides is 1. The second kappa shape index (κ2) is 15.1. The van der Waals surface area contributed by atoms with Crippen LogP contribution < -0.4 is 9.80 Å². The number of H-pyrrole nitrogens is 1. The first kappa shape index (κ1) is 32.7. The normalized spacial score (nSPS) is 15.8. The lowest BCUT2D eigenvalue weighted by molar-refractivity contribution is 0.0751. The van der Waals surface area contributed by atoms with Gasteiger partial charge in [0.05, 0.1) is 16.3 Å². The van der Waals surface area contributed by atoms with Crippen molar-refractivity contribution < 1.29 is 9.53 Å². The Morgan fingerprint density at radius 1 is 0.956 bits per heavy atom. The molecule has 0 bridgehead atoms. The van der Waals surface area contributed by atoms with Crippen LogP contribution in [0.3, 0.4) is 0 Å². The highest BCUT2D eigenvalue weighted by Gasteiger charge is 2.25. The minimum atomic E-state index is -0.230. The molecule has 11 heteroatoms. The van der Waals surface area contributed by atoms with Crippen LogP contribution in [-0.4, -0.2) is 94.3 Å². The number of pyridine rings is 2. The maximum Gasteiger partial charge on any atom is 0.410 e. The number of anilines is 2. The summed E-state index contributed by atoms with van der Waals surface area (Å²) in [7, 11) is 0. The molecule has 0 saturated carbocycles. The number of nitrogens with zero attached hydrogens (tertiary/aromatic N) is 7. The molecule has 4 aromatic rings. The van der Waals surface area contributed by atoms with Crippen LogP contribution in [0.25, 0.3) is 22.6 Å². The van der Waals surface area contributed by atoms with Crippen LogP contribution in [-0.2, 0) is 11.3 Å². The van der Waals surface area contributed by atoms with Crippen LogP contribution in [0.15, 0.2) is 53.3 Å². The third-order valence-corrected chi connectivity index (χ3v) is 8.46. The molecule has 3 aromatic heterocycles. The summed E-state index contributed by atoms with van der Waals surface area (Å²) in [4.78, 5) is 38.6. The molecular formula is C34H45BrN8O2. The van der Waals surface area contributed by atoms with E-state index >= 15 is 0 Å². The maximum atomic E-state index is 12.2. The highest BCUT2D eigenvalue weighted by molar-refractivity contribution is 9.10. The molecule has 10 nitrogen and oxygen atoms in total. The zero-order valence-electron chi connectivity index (χ0n) is 27.1. The van der Waals surface area contributed by atoms with Crippen molar-refractivity contribution in [2.45, 2.75) is 53.7 Å². The number of aromatic nitrogens is 4. The zero-order valence-corrected chi connectivity index (χ0v) is 28.7. The quantitative estimate of drug-likeness (QED) is 0.248. The smallest absolute Gasteiger partial charge is 0.410 e. The van der Waals surface area contributed by atoms with Crippen LogP contribution in [0.1, 0.15) is 45.4 Å². The Morgan fingerprint density at radius 3 is 2.27 bits per heavy atom. The molecule has 1 N–H and O–H groups in total. The average Bonchev–Trinajstić information content (AvgIpc) is 3.46. The lowest BCUT2D eigenvalue weighted by Gasteiger charge is -2.36. The Bertz CT molecular complexity index is 1560. The van der Waals surface area contributed by atoms with Gasteiger partial charge in [-0.15, -0.1) is 0 Å². The third-order valence-electron chi connectivity index (χ3n) is 7.88. The van der Waals surface area contributed by atoms with Gasteiger partial charge in [-0.1, -0.05) is 20.3 Å². The van der Waals surface area contributed by atoms with Gasteiger partial charge in [0.25, 0.3) is 0 Å². The summed E-state index contributed by atoms with van der Waals surface area (Å²) in [6.07, 6.45) is 4.66. The Morgan fingerprint density at radius 2 is 1.62 bits per heavy atom. The number of halogens is 1. The van der Waals surface area contributed by atoms with E-state index in [9.17, 15) is 4.79 Å². The van der Waals surface area contributed by atoms with Gasteiger partial charge in [-0.3, -0.25) is 9.88 Å². The molecule has 1 aromatic carbocycles. The fourth-order valence-electron chi connectivity index (χ4n) is 5.71. The van der Waals surface area contributed by atoms with E-state index in [1.165, 1.54) is 12.0 Å². The van der Waals surface area contributed by atoms with Crippen molar-refractivity contribution in [3.8, 4) is 11.4 Å². The molecule has 0 atom stereocenters. The lowest BCUT2D eigenvalue weighted by Crippen LogP contribution is -2.49. The average molecular weight is 678 g/mol. The number of aryl methyl sites for hydroxylation is 1. The highest BCUT2D eigenvalue weighted by Crippen LogP contribution is 2.35. The first-order valence-electron chi connectivity index (χ1n) is 16.0. The van der Waals surface area contributed by atoms with Crippen molar-refractivity contribution in [1.82, 2.24) is 29.7 Å². The van der Waals surface area contributed by atoms with E-state index in [2.05, 4.69) is 95.8 Å². The maximum absolute atomic E-state index is 12.2. The number of hydrogen-bond acceptors (Lipinski definition) is 8. The zero-order chi connectivity index (χ0) is 31.9. The Balaban J connectivity index is 0.00000128. The van der Waals surface area contributed by atoms with Crippen molar-refractivity contribution in [2.75, 3.05) is 62.2 Å². The number of rotatable bonds is 6. The van der Waals surface area contributed by atoms with Crippen LogP contribution >= 0.6 is 15.9 Å². The Kier molecular flexibility index (Phi) is 10.9. The van der Waals surface area contributed by atoms with Crippen molar-refractivity contribution in [1.29, 1.82) is 0 Å². The van der Waals surface area contributed by atoms with Gasteiger partial charge in [0.15, 0.2) is 5.65 Å². The number of carbonyl (C=O) groups is 1. The standard InChI is InChI=1S/C31H37BrN8O2.C3H8/c1-21(2)42-31(41)40-16-14-38(15-17-40)25-6-4-24(5-7-25)29-35-27-28(26(32)19-34-30(27)36-29)39-12-10-37(11-13-39)20-23-8-9-33-22(3)18-23;1-3-2/h4-9,18-19,21H,10-17,20H2,1-3H3,(H,34,35,36);3H2,1-2H3. The number of fused-ring (bicyclic) bond motifs is 1. The predicted octanol–water partition coefficient (Wildman–Crippen LogP) is 6.50. The first-order valence-corrected chi connectivity index (χ1v) is 16.8. The number of hydrogen-bond donors (Lipinski definition) is 1. The molecule has 2 aliphatic rings. The Hall–Kier alpha value is -3.70. The van der Waals surface area contributed by atoms with Gasteiger partial charge in [-0.25, -0.2) is 14.8 Å². The molecule has 45 heavy (non-hydrogen) atoms. The van der Waals surface area contributed by atoms with E-state index in [-0.39, 0.29) is 12.2 Å². The summed E-state index contributed by atoms with van der Waals surface area (Å²) < 4.78 is 6.32. The molecule has 0 radical (unpaired) electrons. The molecule has 2 saturated heterocycles. The summed E-state index contributed by atoms with van der Waals surface area (Å²) in [6, 6.07) is 12.7. The van der Waals surface area contributed by atoms with Crippen LogP contribution in [0.2, 0.25) is 0 Å². The fourth-order valence-corrected chi connectivity index (χ4v) is 6.26. The van der Waals surface area contributed by atoms with Gasteiger partial charge in [-0.05, 0) is 78.7 Å². The number of benzene rings is 1. The van der Waals surface area contributed by atoms with E-state index in [0.29, 0.717) is 18.7 Å². The molecule has 2 aliphatic heterocycles. The van der Waals surface area contributed by atoms with E-state index < -0.39 is 0 Å². The SMILES string of the molecule is CCC.Cc1cc(CN2CCN(c3c(Br)cnc4nc(-c5ccc(N6CCN(C(=O)OC(C)C)CC6)cc5)[nH]c34)CC2)ccn1. The molecule has 240 valence electrons. The molecule has 6 rings (SSSR count). The topological polar surface area (TPSA) is 93.7 Å². The largest absolute Gasteiger partial charge is 0.447 e. The highest BCUT2D eigenvalue weighted by atomic mass is 79.9. The van der Waals surface area contributed by atoms with E-state index in [0.717, 1.165) is 84.3 Å². The minimum absolute atomic E-state index is 0.105. The van der Waals surface area contributed by atoms with Crippen molar-refractivity contribution in [2.24, 2.45) is 0 Å². The van der Waals surface area contributed by atoms with Gasteiger partial charge in [-0.2, -0.15) is 0 Å². The molecule has 0 spiro atoms. The van der Waals surface area contributed by atoms with Crippen LogP contribution in [0.4, 0.5) is 16.2 Å². The molecule has 5 heterocycles. The van der Waals surface area contributed by atoms with Gasteiger partial charge in [0.2, 0.25) is 0 Å². The fraction of sp³-hybridized carbons (Fsp3) is 0.471. The summed E-state index contributed by atoms with van der Waals surface area (Å²) >= 11 is 3.76. The summed E-state index contributed by atoms with van der Waals surface area (Å²) in [5.41, 5.74) is 7.29. The minimum Gasteiger partial charge on any atom is -0.447 e. The van der Waals surface area contributed by atoms with Gasteiger partial charge in [0, 0.05) is 88.2 Å².